The van der Waals surface area contributed by atoms with Gasteiger partial charge in [0.25, 0.3) is 0 Å². The standard InChI is InChI=1S/C11H13NO2/c1-9(7-11(13)14)12-8-10-5-3-2-4-6-10/h2-6H,7-8H2,1H3,(H,13,14). The molecule has 0 unspecified atom stereocenters. The second-order valence-electron chi connectivity index (χ2n) is 3.11. The summed E-state index contributed by atoms with van der Waals surface area (Å²) in [7, 11) is 0. The Morgan fingerprint density at radius 2 is 2.00 bits per heavy atom. The van der Waals surface area contributed by atoms with Gasteiger partial charge in [-0.3, -0.25) is 9.79 Å². The monoisotopic (exact) mass is 191 g/mol. The van der Waals surface area contributed by atoms with Crippen molar-refractivity contribution in [2.45, 2.75) is 19.9 Å². The van der Waals surface area contributed by atoms with Crippen LogP contribution in [0, 0.1) is 0 Å². The molecule has 1 rings (SSSR count). The summed E-state index contributed by atoms with van der Waals surface area (Å²) in [4.78, 5) is 14.5. The first-order chi connectivity index (χ1) is 6.68. The van der Waals surface area contributed by atoms with Crippen molar-refractivity contribution in [3.63, 3.8) is 0 Å². The summed E-state index contributed by atoms with van der Waals surface area (Å²) in [5, 5.41) is 8.50. The van der Waals surface area contributed by atoms with E-state index in [-0.39, 0.29) is 6.42 Å². The lowest BCUT2D eigenvalue weighted by Gasteiger charge is -1.97. The van der Waals surface area contributed by atoms with Gasteiger partial charge >= 0.3 is 5.97 Å². The Hall–Kier alpha value is -1.64. The molecule has 0 bridgehead atoms. The minimum absolute atomic E-state index is 0.0207. The average molecular weight is 191 g/mol. The van der Waals surface area contributed by atoms with Crippen molar-refractivity contribution >= 4 is 11.7 Å². The van der Waals surface area contributed by atoms with E-state index < -0.39 is 5.97 Å². The van der Waals surface area contributed by atoms with Crippen LogP contribution in [0.15, 0.2) is 35.3 Å². The molecule has 0 amide bonds. The topological polar surface area (TPSA) is 49.7 Å². The maximum Gasteiger partial charge on any atom is 0.309 e. The molecular weight excluding hydrogens is 178 g/mol. The van der Waals surface area contributed by atoms with Crippen LogP contribution >= 0.6 is 0 Å². The third kappa shape index (κ3) is 3.85. The lowest BCUT2D eigenvalue weighted by Crippen LogP contribution is -2.03. The highest BCUT2D eigenvalue weighted by Gasteiger charge is 1.98. The summed E-state index contributed by atoms with van der Waals surface area (Å²) < 4.78 is 0. The Bertz CT molecular complexity index is 330. The second kappa shape index (κ2) is 5.17. The third-order valence-electron chi connectivity index (χ3n) is 1.78. The Balaban J connectivity index is 2.51. The van der Waals surface area contributed by atoms with Gasteiger partial charge in [0, 0.05) is 5.71 Å². The lowest BCUT2D eigenvalue weighted by atomic mass is 10.2. The molecule has 74 valence electrons. The summed E-state index contributed by atoms with van der Waals surface area (Å²) in [5.74, 6) is -0.834. The predicted molar refractivity (Wildman–Crippen MR) is 55.5 cm³/mol. The van der Waals surface area contributed by atoms with Gasteiger partial charge in [-0.05, 0) is 12.5 Å². The number of carbonyl (C=O) groups is 1. The minimum Gasteiger partial charge on any atom is -0.481 e. The van der Waals surface area contributed by atoms with Crippen LogP contribution in [0.25, 0.3) is 0 Å². The Morgan fingerprint density at radius 1 is 1.36 bits per heavy atom. The average Bonchev–Trinajstić information content (AvgIpc) is 2.15. The van der Waals surface area contributed by atoms with E-state index in [9.17, 15) is 4.79 Å². The summed E-state index contributed by atoms with van der Waals surface area (Å²) in [6.45, 7) is 2.29. The van der Waals surface area contributed by atoms with Gasteiger partial charge in [0.15, 0.2) is 0 Å². The van der Waals surface area contributed by atoms with E-state index in [0.717, 1.165) is 5.56 Å². The quantitative estimate of drug-likeness (QED) is 0.741. The zero-order valence-electron chi connectivity index (χ0n) is 8.10. The Kier molecular flexibility index (Phi) is 3.85. The molecule has 0 aromatic heterocycles. The number of aliphatic imine (C=N–C) groups is 1. The first kappa shape index (κ1) is 10.4. The van der Waals surface area contributed by atoms with Crippen molar-refractivity contribution in [3.05, 3.63) is 35.9 Å². The Labute approximate surface area is 83.1 Å². The molecule has 0 aliphatic rings. The fourth-order valence-corrected chi connectivity index (χ4v) is 1.08. The summed E-state index contributed by atoms with van der Waals surface area (Å²) >= 11 is 0. The molecule has 0 saturated carbocycles. The summed E-state index contributed by atoms with van der Waals surface area (Å²) in [5.41, 5.74) is 1.75. The number of rotatable bonds is 4. The number of carboxylic acid groups (broad SMARTS) is 1. The number of hydrogen-bond donors (Lipinski definition) is 1. The van der Waals surface area contributed by atoms with Gasteiger partial charge in [0.2, 0.25) is 0 Å². The van der Waals surface area contributed by atoms with Crippen LogP contribution in [0.1, 0.15) is 18.9 Å². The summed E-state index contributed by atoms with van der Waals surface area (Å²) in [6, 6.07) is 9.77. The SMILES string of the molecule is CC(CC(=O)O)=NCc1ccccc1. The van der Waals surface area contributed by atoms with E-state index in [2.05, 4.69) is 4.99 Å². The highest BCUT2D eigenvalue weighted by atomic mass is 16.4. The first-order valence-corrected chi connectivity index (χ1v) is 4.44. The number of benzene rings is 1. The number of carboxylic acids is 1. The van der Waals surface area contributed by atoms with Crippen LogP contribution in [0.4, 0.5) is 0 Å². The van der Waals surface area contributed by atoms with Gasteiger partial charge in [-0.1, -0.05) is 30.3 Å². The van der Waals surface area contributed by atoms with E-state index >= 15 is 0 Å². The van der Waals surface area contributed by atoms with Crippen LogP contribution < -0.4 is 0 Å². The lowest BCUT2D eigenvalue weighted by molar-refractivity contribution is -0.135. The Morgan fingerprint density at radius 3 is 2.57 bits per heavy atom. The van der Waals surface area contributed by atoms with E-state index in [4.69, 9.17) is 5.11 Å². The van der Waals surface area contributed by atoms with Crippen molar-refractivity contribution in [2.24, 2.45) is 4.99 Å². The highest BCUT2D eigenvalue weighted by molar-refractivity contribution is 5.96. The summed E-state index contributed by atoms with van der Waals surface area (Å²) in [6.07, 6.45) is 0.0207. The molecule has 0 fully saturated rings. The zero-order valence-corrected chi connectivity index (χ0v) is 8.10. The normalized spacial score (nSPS) is 11.4. The van der Waals surface area contributed by atoms with E-state index in [1.54, 1.807) is 6.92 Å². The second-order valence-corrected chi connectivity index (χ2v) is 3.11. The molecule has 0 radical (unpaired) electrons. The number of hydrogen-bond acceptors (Lipinski definition) is 2. The number of aliphatic carboxylic acids is 1. The van der Waals surface area contributed by atoms with Gasteiger partial charge in [-0.15, -0.1) is 0 Å². The van der Waals surface area contributed by atoms with Crippen molar-refractivity contribution in [3.8, 4) is 0 Å². The molecule has 3 nitrogen and oxygen atoms in total. The van der Waals surface area contributed by atoms with Gasteiger partial charge in [-0.2, -0.15) is 0 Å². The molecule has 0 aliphatic carbocycles. The van der Waals surface area contributed by atoms with Crippen molar-refractivity contribution in [1.29, 1.82) is 0 Å². The molecule has 1 N–H and O–H groups in total. The van der Waals surface area contributed by atoms with Gasteiger partial charge < -0.3 is 5.11 Å². The van der Waals surface area contributed by atoms with Crippen molar-refractivity contribution in [1.82, 2.24) is 0 Å². The van der Waals surface area contributed by atoms with Crippen LogP contribution in [0.3, 0.4) is 0 Å². The van der Waals surface area contributed by atoms with Gasteiger partial charge in [-0.25, -0.2) is 0 Å². The molecule has 0 spiro atoms. The van der Waals surface area contributed by atoms with Gasteiger partial charge in [0.1, 0.15) is 0 Å². The molecule has 1 aromatic carbocycles. The fraction of sp³-hybridized carbons (Fsp3) is 0.273. The van der Waals surface area contributed by atoms with Crippen LogP contribution in [-0.2, 0) is 11.3 Å². The van der Waals surface area contributed by atoms with E-state index in [1.165, 1.54) is 0 Å². The highest BCUT2D eigenvalue weighted by Crippen LogP contribution is 2.01. The maximum absolute atomic E-state index is 10.3. The van der Waals surface area contributed by atoms with Crippen molar-refractivity contribution in [2.75, 3.05) is 0 Å². The molecule has 14 heavy (non-hydrogen) atoms. The van der Waals surface area contributed by atoms with E-state index in [1.807, 2.05) is 30.3 Å². The molecule has 1 aromatic rings. The smallest absolute Gasteiger partial charge is 0.309 e. The van der Waals surface area contributed by atoms with E-state index in [0.29, 0.717) is 12.3 Å². The van der Waals surface area contributed by atoms with Crippen LogP contribution in [-0.4, -0.2) is 16.8 Å². The minimum atomic E-state index is -0.834. The van der Waals surface area contributed by atoms with Crippen molar-refractivity contribution < 1.29 is 9.90 Å². The molecule has 0 atom stereocenters. The largest absolute Gasteiger partial charge is 0.481 e. The maximum atomic E-state index is 10.3. The fourth-order valence-electron chi connectivity index (χ4n) is 1.08. The molecule has 0 aliphatic heterocycles. The first-order valence-electron chi connectivity index (χ1n) is 4.44. The number of nitrogens with zero attached hydrogens (tertiary/aromatic N) is 1. The predicted octanol–water partition coefficient (Wildman–Crippen LogP) is 2.12. The van der Waals surface area contributed by atoms with Gasteiger partial charge in [0.05, 0.1) is 13.0 Å². The van der Waals surface area contributed by atoms with Crippen LogP contribution in [0.5, 0.6) is 0 Å². The molecule has 0 heterocycles. The molecule has 3 heteroatoms. The molecule has 0 saturated heterocycles. The third-order valence-corrected chi connectivity index (χ3v) is 1.78. The molecular formula is C11H13NO2. The van der Waals surface area contributed by atoms with Crippen LogP contribution in [0.2, 0.25) is 0 Å². The zero-order chi connectivity index (χ0) is 10.4.